The summed E-state index contributed by atoms with van der Waals surface area (Å²) in [6.07, 6.45) is 0. The Labute approximate surface area is 150 Å². The summed E-state index contributed by atoms with van der Waals surface area (Å²) >= 11 is 6.47. The number of sulfonamides is 1. The number of benzene rings is 2. The third-order valence-corrected chi connectivity index (χ3v) is 6.94. The molecule has 0 saturated carbocycles. The lowest BCUT2D eigenvalue weighted by Gasteiger charge is -2.25. The van der Waals surface area contributed by atoms with E-state index in [9.17, 15) is 17.2 Å². The fourth-order valence-corrected chi connectivity index (χ4v) is 4.83. The van der Waals surface area contributed by atoms with E-state index in [4.69, 9.17) is 0 Å². The Morgan fingerprint density at radius 3 is 2.30 bits per heavy atom. The molecule has 0 fully saturated rings. The molecule has 2 aromatic rings. The van der Waals surface area contributed by atoms with Crippen LogP contribution < -0.4 is 0 Å². The molecule has 2 rings (SSSR count). The first-order valence-corrected chi connectivity index (χ1v) is 9.55. The Kier molecular flexibility index (Phi) is 5.60. The summed E-state index contributed by atoms with van der Waals surface area (Å²) in [7, 11) is -2.42. The van der Waals surface area contributed by atoms with Crippen molar-refractivity contribution in [3.05, 3.63) is 62.5 Å². The summed E-state index contributed by atoms with van der Waals surface area (Å²) < 4.78 is 54.1. The maximum Gasteiger partial charge on any atom is 0.244 e. The van der Waals surface area contributed by atoms with Crippen LogP contribution in [0.15, 0.2) is 50.2 Å². The minimum atomic E-state index is -3.82. The van der Waals surface area contributed by atoms with Crippen LogP contribution in [0.25, 0.3) is 0 Å². The van der Waals surface area contributed by atoms with E-state index >= 15 is 0 Å². The van der Waals surface area contributed by atoms with Gasteiger partial charge in [-0.3, -0.25) is 0 Å². The predicted molar refractivity (Wildman–Crippen MR) is 91.6 cm³/mol. The standard InChI is InChI=1S/C15H13Br2F2NO2S/c1-9(10-3-6-13(18)14(19)7-10)20(2)23(21,22)15-8-11(16)4-5-12(15)17/h3-9H,1-2H3. The van der Waals surface area contributed by atoms with Gasteiger partial charge in [-0.15, -0.1) is 0 Å². The number of hydrogen-bond donors (Lipinski definition) is 0. The van der Waals surface area contributed by atoms with Gasteiger partial charge >= 0.3 is 0 Å². The Bertz CT molecular complexity index is 843. The van der Waals surface area contributed by atoms with Crippen molar-refractivity contribution < 1.29 is 17.2 Å². The highest BCUT2D eigenvalue weighted by Crippen LogP contribution is 2.32. The quantitative estimate of drug-likeness (QED) is 0.641. The Hall–Kier alpha value is -0.830. The lowest BCUT2D eigenvalue weighted by Crippen LogP contribution is -2.30. The largest absolute Gasteiger partial charge is 0.244 e. The van der Waals surface area contributed by atoms with Crippen LogP contribution in [0.2, 0.25) is 0 Å². The molecule has 3 nitrogen and oxygen atoms in total. The van der Waals surface area contributed by atoms with Crippen molar-refractivity contribution in [3.63, 3.8) is 0 Å². The summed E-state index contributed by atoms with van der Waals surface area (Å²) in [5, 5.41) is 0. The Balaban J connectivity index is 2.43. The Morgan fingerprint density at radius 2 is 1.70 bits per heavy atom. The van der Waals surface area contributed by atoms with Crippen molar-refractivity contribution in [2.24, 2.45) is 0 Å². The van der Waals surface area contributed by atoms with E-state index in [1.54, 1.807) is 19.1 Å². The fourth-order valence-electron chi connectivity index (χ4n) is 2.02. The molecule has 0 bridgehead atoms. The van der Waals surface area contributed by atoms with Gasteiger partial charge in [-0.1, -0.05) is 22.0 Å². The van der Waals surface area contributed by atoms with Gasteiger partial charge in [0.15, 0.2) is 11.6 Å². The normalized spacial score (nSPS) is 13.3. The van der Waals surface area contributed by atoms with Crippen LogP contribution in [0.3, 0.4) is 0 Å². The summed E-state index contributed by atoms with van der Waals surface area (Å²) in [4.78, 5) is 0.0869. The lowest BCUT2D eigenvalue weighted by molar-refractivity contribution is 0.395. The van der Waals surface area contributed by atoms with Gasteiger partial charge < -0.3 is 0 Å². The number of rotatable bonds is 4. The summed E-state index contributed by atoms with van der Waals surface area (Å²) in [6.45, 7) is 1.61. The zero-order chi connectivity index (χ0) is 17.4. The molecule has 0 aliphatic heterocycles. The predicted octanol–water partition coefficient (Wildman–Crippen LogP) is 4.87. The van der Waals surface area contributed by atoms with Crippen molar-refractivity contribution in [2.45, 2.75) is 17.9 Å². The van der Waals surface area contributed by atoms with Gasteiger partial charge in [-0.05, 0) is 58.7 Å². The molecule has 0 amide bonds. The average molecular weight is 469 g/mol. The van der Waals surface area contributed by atoms with E-state index in [1.807, 2.05) is 0 Å². The van der Waals surface area contributed by atoms with Gasteiger partial charge in [0.2, 0.25) is 10.0 Å². The maximum atomic E-state index is 13.4. The van der Waals surface area contributed by atoms with Crippen LogP contribution in [0.4, 0.5) is 8.78 Å². The number of hydrogen-bond acceptors (Lipinski definition) is 2. The van der Waals surface area contributed by atoms with Gasteiger partial charge in [0.25, 0.3) is 0 Å². The summed E-state index contributed by atoms with van der Waals surface area (Å²) in [6, 6.07) is 7.49. The molecule has 1 atom stereocenters. The van der Waals surface area contributed by atoms with E-state index in [1.165, 1.54) is 19.2 Å². The molecule has 0 aliphatic rings. The lowest BCUT2D eigenvalue weighted by atomic mass is 10.1. The van der Waals surface area contributed by atoms with Gasteiger partial charge in [0.05, 0.1) is 4.90 Å². The molecule has 23 heavy (non-hydrogen) atoms. The molecular weight excluding hydrogens is 456 g/mol. The van der Waals surface area contributed by atoms with Crippen molar-refractivity contribution in [3.8, 4) is 0 Å². The van der Waals surface area contributed by atoms with Gasteiger partial charge in [-0.25, -0.2) is 17.2 Å². The topological polar surface area (TPSA) is 37.4 Å². The molecule has 124 valence electrons. The van der Waals surface area contributed by atoms with Gasteiger partial charge in [0, 0.05) is 22.0 Å². The molecule has 0 aromatic heterocycles. The molecule has 0 aliphatic carbocycles. The monoisotopic (exact) mass is 467 g/mol. The zero-order valence-corrected chi connectivity index (χ0v) is 16.2. The summed E-state index contributed by atoms with van der Waals surface area (Å²) in [5.41, 5.74) is 0.362. The van der Waals surface area contributed by atoms with E-state index in [0.717, 1.165) is 16.4 Å². The zero-order valence-electron chi connectivity index (χ0n) is 12.2. The van der Waals surface area contributed by atoms with Gasteiger partial charge in [0.1, 0.15) is 0 Å². The first-order chi connectivity index (χ1) is 10.6. The first-order valence-electron chi connectivity index (χ1n) is 6.52. The number of nitrogens with zero attached hydrogens (tertiary/aromatic N) is 1. The van der Waals surface area contributed by atoms with Crippen LogP contribution in [0.1, 0.15) is 18.5 Å². The minimum Gasteiger partial charge on any atom is -0.207 e. The average Bonchev–Trinajstić information content (AvgIpc) is 2.50. The highest BCUT2D eigenvalue weighted by Gasteiger charge is 2.28. The Morgan fingerprint density at radius 1 is 1.04 bits per heavy atom. The molecule has 0 spiro atoms. The van der Waals surface area contributed by atoms with Crippen LogP contribution in [-0.4, -0.2) is 19.8 Å². The van der Waals surface area contributed by atoms with Crippen molar-refractivity contribution in [2.75, 3.05) is 7.05 Å². The fraction of sp³-hybridized carbons (Fsp3) is 0.200. The van der Waals surface area contributed by atoms with Crippen molar-refractivity contribution in [1.29, 1.82) is 0 Å². The summed E-state index contributed by atoms with van der Waals surface area (Å²) in [5.74, 6) is -1.98. The molecule has 0 radical (unpaired) electrons. The van der Waals surface area contributed by atoms with E-state index < -0.39 is 27.7 Å². The molecular formula is C15H13Br2F2NO2S. The smallest absolute Gasteiger partial charge is 0.207 e. The van der Waals surface area contributed by atoms with Crippen LogP contribution in [-0.2, 0) is 10.0 Å². The van der Waals surface area contributed by atoms with Crippen LogP contribution >= 0.6 is 31.9 Å². The number of halogens is 4. The first kappa shape index (κ1) is 18.5. The van der Waals surface area contributed by atoms with Gasteiger partial charge in [-0.2, -0.15) is 4.31 Å². The van der Waals surface area contributed by atoms with E-state index in [-0.39, 0.29) is 4.90 Å². The maximum absolute atomic E-state index is 13.4. The third kappa shape index (κ3) is 3.81. The van der Waals surface area contributed by atoms with E-state index in [0.29, 0.717) is 14.5 Å². The second-order valence-corrected chi connectivity index (χ2v) is 8.68. The third-order valence-electron chi connectivity index (χ3n) is 3.52. The molecule has 0 heterocycles. The molecule has 1 unspecified atom stereocenters. The molecule has 2 aromatic carbocycles. The minimum absolute atomic E-state index is 0.0869. The highest BCUT2D eigenvalue weighted by atomic mass is 79.9. The van der Waals surface area contributed by atoms with Crippen LogP contribution in [0.5, 0.6) is 0 Å². The second-order valence-electron chi connectivity index (χ2n) is 4.95. The van der Waals surface area contributed by atoms with Crippen molar-refractivity contribution >= 4 is 41.9 Å². The SMILES string of the molecule is CC(c1ccc(F)c(F)c1)N(C)S(=O)(=O)c1cc(Br)ccc1Br. The molecule has 8 heteroatoms. The van der Waals surface area contributed by atoms with Crippen molar-refractivity contribution in [1.82, 2.24) is 4.31 Å². The molecule has 0 saturated heterocycles. The molecule has 0 N–H and O–H groups in total. The van der Waals surface area contributed by atoms with Crippen LogP contribution in [0, 0.1) is 11.6 Å². The van der Waals surface area contributed by atoms with E-state index in [2.05, 4.69) is 31.9 Å². The highest BCUT2D eigenvalue weighted by molar-refractivity contribution is 9.11. The second kappa shape index (κ2) is 6.96.